The molecule has 2 aromatic rings. The van der Waals surface area contributed by atoms with Crippen molar-refractivity contribution >= 4 is 5.69 Å². The van der Waals surface area contributed by atoms with Crippen LogP contribution in [0.4, 0.5) is 5.69 Å². The zero-order valence-corrected chi connectivity index (χ0v) is 11.1. The molecule has 0 saturated heterocycles. The number of hydrogen-bond acceptors (Lipinski definition) is 2. The van der Waals surface area contributed by atoms with Crippen molar-refractivity contribution in [3.05, 3.63) is 59.7 Å². The molecule has 2 rings (SSSR count). The van der Waals surface area contributed by atoms with Crippen LogP contribution in [0.1, 0.15) is 25.0 Å². The summed E-state index contributed by atoms with van der Waals surface area (Å²) in [5, 5.41) is 0. The van der Waals surface area contributed by atoms with E-state index in [9.17, 15) is 0 Å². The maximum absolute atomic E-state index is 6.03. The Hall–Kier alpha value is -1.96. The number of ether oxygens (including phenoxy) is 1. The zero-order valence-electron chi connectivity index (χ0n) is 11.1. The Morgan fingerprint density at radius 1 is 0.889 bits per heavy atom. The first-order chi connectivity index (χ1) is 8.47. The van der Waals surface area contributed by atoms with E-state index in [4.69, 9.17) is 10.5 Å². The van der Waals surface area contributed by atoms with Crippen molar-refractivity contribution in [2.24, 2.45) is 0 Å². The lowest BCUT2D eigenvalue weighted by atomic mass is 9.97. The van der Waals surface area contributed by atoms with Gasteiger partial charge in [0.2, 0.25) is 0 Å². The van der Waals surface area contributed by atoms with Gasteiger partial charge in [-0.2, -0.15) is 0 Å². The van der Waals surface area contributed by atoms with Gasteiger partial charge in [0.25, 0.3) is 0 Å². The first-order valence-corrected chi connectivity index (χ1v) is 6.09. The molecule has 0 atom stereocenters. The lowest BCUT2D eigenvalue weighted by Crippen LogP contribution is -2.25. The Morgan fingerprint density at radius 2 is 1.44 bits per heavy atom. The molecule has 0 aliphatic carbocycles. The van der Waals surface area contributed by atoms with E-state index < -0.39 is 0 Å². The van der Waals surface area contributed by atoms with Crippen molar-refractivity contribution in [2.45, 2.75) is 26.4 Å². The summed E-state index contributed by atoms with van der Waals surface area (Å²) in [5.41, 5.74) is 8.46. The smallest absolute Gasteiger partial charge is 0.128 e. The van der Waals surface area contributed by atoms with Gasteiger partial charge in [-0.25, -0.2) is 0 Å². The molecule has 0 amide bonds. The second-order valence-corrected chi connectivity index (χ2v) is 5.05. The van der Waals surface area contributed by atoms with Crippen LogP contribution in [0.15, 0.2) is 48.5 Å². The minimum absolute atomic E-state index is 0.357. The third-order valence-corrected chi connectivity index (χ3v) is 3.00. The fourth-order valence-electron chi connectivity index (χ4n) is 1.84. The molecule has 2 aromatic carbocycles. The van der Waals surface area contributed by atoms with Gasteiger partial charge in [0.1, 0.15) is 11.4 Å². The highest BCUT2D eigenvalue weighted by atomic mass is 16.5. The third kappa shape index (κ3) is 2.83. The average Bonchev–Trinajstić information content (AvgIpc) is 2.32. The molecule has 0 unspecified atom stereocenters. The largest absolute Gasteiger partial charge is 0.483 e. The summed E-state index contributed by atoms with van der Waals surface area (Å²) in [6.07, 6.45) is 0. The first-order valence-electron chi connectivity index (χ1n) is 6.09. The Labute approximate surface area is 108 Å². The molecule has 2 N–H and O–H groups in total. The van der Waals surface area contributed by atoms with Gasteiger partial charge in [-0.05, 0) is 50.6 Å². The number of hydrogen-bond donors (Lipinski definition) is 1. The van der Waals surface area contributed by atoms with Gasteiger partial charge < -0.3 is 10.5 Å². The lowest BCUT2D eigenvalue weighted by Gasteiger charge is -2.27. The Morgan fingerprint density at radius 3 is 2.00 bits per heavy atom. The van der Waals surface area contributed by atoms with E-state index in [1.165, 1.54) is 5.56 Å². The quantitative estimate of drug-likeness (QED) is 0.827. The number of rotatable bonds is 3. The summed E-state index contributed by atoms with van der Waals surface area (Å²) in [6, 6.07) is 15.9. The minimum Gasteiger partial charge on any atom is -0.483 e. The Kier molecular flexibility index (Phi) is 3.28. The van der Waals surface area contributed by atoms with Crippen LogP contribution in [0, 0.1) is 6.92 Å². The van der Waals surface area contributed by atoms with Crippen molar-refractivity contribution in [1.29, 1.82) is 0 Å². The fraction of sp³-hybridized carbons (Fsp3) is 0.250. The molecule has 0 heterocycles. The molecule has 0 saturated carbocycles. The molecule has 2 heteroatoms. The second-order valence-electron chi connectivity index (χ2n) is 5.05. The molecule has 2 nitrogen and oxygen atoms in total. The maximum atomic E-state index is 6.03. The predicted octanol–water partition coefficient (Wildman–Crippen LogP) is 3.89. The SMILES string of the molecule is Cc1ccc(C(C)(C)Oc2ccc(N)cc2)cc1. The minimum atomic E-state index is -0.357. The molecule has 0 aromatic heterocycles. The van der Waals surface area contributed by atoms with Crippen LogP contribution >= 0.6 is 0 Å². The van der Waals surface area contributed by atoms with Gasteiger partial charge in [0.15, 0.2) is 0 Å². The van der Waals surface area contributed by atoms with Gasteiger partial charge >= 0.3 is 0 Å². The molecule has 0 aliphatic rings. The van der Waals surface area contributed by atoms with Gasteiger partial charge in [0, 0.05) is 5.69 Å². The van der Waals surface area contributed by atoms with E-state index in [0.29, 0.717) is 0 Å². The number of nitrogens with two attached hydrogens (primary N) is 1. The van der Waals surface area contributed by atoms with Crippen LogP contribution in [0.3, 0.4) is 0 Å². The molecular weight excluding hydrogens is 222 g/mol. The van der Waals surface area contributed by atoms with Crippen molar-refractivity contribution in [3.8, 4) is 5.75 Å². The normalized spacial score (nSPS) is 11.3. The number of benzene rings is 2. The standard InChI is InChI=1S/C16H19NO/c1-12-4-6-13(7-5-12)16(2,3)18-15-10-8-14(17)9-11-15/h4-11H,17H2,1-3H3. The van der Waals surface area contributed by atoms with E-state index in [2.05, 4.69) is 45.0 Å². The summed E-state index contributed by atoms with van der Waals surface area (Å²) >= 11 is 0. The molecule has 94 valence electrons. The van der Waals surface area contributed by atoms with Crippen molar-refractivity contribution in [1.82, 2.24) is 0 Å². The van der Waals surface area contributed by atoms with Crippen molar-refractivity contribution < 1.29 is 4.74 Å². The molecule has 0 fully saturated rings. The van der Waals surface area contributed by atoms with Crippen molar-refractivity contribution in [2.75, 3.05) is 5.73 Å². The highest BCUT2D eigenvalue weighted by molar-refractivity contribution is 5.42. The number of anilines is 1. The van der Waals surface area contributed by atoms with E-state index in [1.807, 2.05) is 24.3 Å². The first kappa shape index (κ1) is 12.5. The van der Waals surface area contributed by atoms with Crippen LogP contribution in [0.2, 0.25) is 0 Å². The van der Waals surface area contributed by atoms with Crippen LogP contribution in [-0.4, -0.2) is 0 Å². The van der Waals surface area contributed by atoms with Crippen LogP contribution in [0.5, 0.6) is 5.75 Å². The average molecular weight is 241 g/mol. The predicted molar refractivity (Wildman–Crippen MR) is 75.7 cm³/mol. The highest BCUT2D eigenvalue weighted by Crippen LogP contribution is 2.28. The Balaban J connectivity index is 2.20. The van der Waals surface area contributed by atoms with Gasteiger partial charge in [-0.3, -0.25) is 0 Å². The monoisotopic (exact) mass is 241 g/mol. The number of aryl methyl sites for hydroxylation is 1. The molecule has 0 bridgehead atoms. The zero-order chi connectivity index (χ0) is 13.2. The Bertz CT molecular complexity index is 512. The van der Waals surface area contributed by atoms with Gasteiger partial charge in [0.05, 0.1) is 0 Å². The van der Waals surface area contributed by atoms with Crippen molar-refractivity contribution in [3.63, 3.8) is 0 Å². The van der Waals surface area contributed by atoms with Gasteiger partial charge in [-0.15, -0.1) is 0 Å². The van der Waals surface area contributed by atoms with E-state index in [0.717, 1.165) is 17.0 Å². The number of nitrogen functional groups attached to an aromatic ring is 1. The summed E-state index contributed by atoms with van der Waals surface area (Å²) < 4.78 is 6.03. The molecule has 18 heavy (non-hydrogen) atoms. The topological polar surface area (TPSA) is 35.2 Å². The van der Waals surface area contributed by atoms with Crippen LogP contribution in [0.25, 0.3) is 0 Å². The summed E-state index contributed by atoms with van der Waals surface area (Å²) in [7, 11) is 0. The molecule has 0 aliphatic heterocycles. The van der Waals surface area contributed by atoms with E-state index >= 15 is 0 Å². The lowest BCUT2D eigenvalue weighted by molar-refractivity contribution is 0.109. The second kappa shape index (κ2) is 4.73. The maximum Gasteiger partial charge on any atom is 0.128 e. The highest BCUT2D eigenvalue weighted by Gasteiger charge is 2.22. The van der Waals surface area contributed by atoms with Gasteiger partial charge in [-0.1, -0.05) is 29.8 Å². The van der Waals surface area contributed by atoms with Crippen LogP contribution in [-0.2, 0) is 5.60 Å². The molecule has 0 spiro atoms. The van der Waals surface area contributed by atoms with E-state index in [1.54, 1.807) is 0 Å². The van der Waals surface area contributed by atoms with E-state index in [-0.39, 0.29) is 5.60 Å². The summed E-state index contributed by atoms with van der Waals surface area (Å²) in [4.78, 5) is 0. The van der Waals surface area contributed by atoms with Crippen LogP contribution < -0.4 is 10.5 Å². The summed E-state index contributed by atoms with van der Waals surface area (Å²) in [6.45, 7) is 6.21. The fourth-order valence-corrected chi connectivity index (χ4v) is 1.84. The molecule has 0 radical (unpaired) electrons. The third-order valence-electron chi connectivity index (χ3n) is 3.00. The molecular formula is C16H19NO. The summed E-state index contributed by atoms with van der Waals surface area (Å²) in [5.74, 6) is 0.828.